The summed E-state index contributed by atoms with van der Waals surface area (Å²) in [6.07, 6.45) is 0.256. The lowest BCUT2D eigenvalue weighted by atomic mass is 10.0. The molecule has 254 valence electrons. The number of nitrogens with zero attached hydrogens (tertiary/aromatic N) is 3. The number of carbonyl (C=O) groups excluding carboxylic acids is 3. The van der Waals surface area contributed by atoms with Crippen LogP contribution in [0.3, 0.4) is 0 Å². The summed E-state index contributed by atoms with van der Waals surface area (Å²) < 4.78 is 28.1. The van der Waals surface area contributed by atoms with Crippen molar-refractivity contribution in [3.05, 3.63) is 54.1 Å². The van der Waals surface area contributed by atoms with Gasteiger partial charge >= 0.3 is 18.3 Å². The van der Waals surface area contributed by atoms with Gasteiger partial charge in [0.15, 0.2) is 11.9 Å². The second kappa shape index (κ2) is 16.8. The Morgan fingerprint density at radius 1 is 1.04 bits per heavy atom. The number of aliphatic hydroxyl groups is 1. The molecule has 1 aromatic heterocycles. The Labute approximate surface area is 275 Å². The molecule has 16 heteroatoms. The van der Waals surface area contributed by atoms with Crippen LogP contribution in [0.2, 0.25) is 0 Å². The molecule has 3 N–H and O–H groups in total. The lowest BCUT2D eigenvalue weighted by Gasteiger charge is -2.31. The minimum Gasteiger partial charge on any atom is -0.453 e. The number of amides is 2. The van der Waals surface area contributed by atoms with Gasteiger partial charge in [0.1, 0.15) is 6.79 Å². The summed E-state index contributed by atoms with van der Waals surface area (Å²) in [6, 6.07) is 13.9. The van der Waals surface area contributed by atoms with Gasteiger partial charge in [0.25, 0.3) is 0 Å². The van der Waals surface area contributed by atoms with Gasteiger partial charge in [-0.05, 0) is 55.0 Å². The van der Waals surface area contributed by atoms with E-state index < -0.39 is 36.5 Å². The first-order chi connectivity index (χ1) is 22.8. The SMILES string of the molecule is COC(=O)Nc1nn(C(=O)OC)c2ccc(SN(CC(O)C(Cc3ccccc3)NC(=O)OC3COCOC3)OC3CCCC3)cc12. The number of rotatable bonds is 12. The van der Waals surface area contributed by atoms with Crippen LogP contribution < -0.4 is 10.6 Å². The first kappa shape index (κ1) is 34.4. The van der Waals surface area contributed by atoms with Gasteiger partial charge in [-0.1, -0.05) is 43.2 Å². The number of aromatic nitrogens is 2. The maximum atomic E-state index is 12.9. The molecule has 2 fully saturated rings. The molecule has 2 amide bonds. The highest BCUT2D eigenvalue weighted by Crippen LogP contribution is 2.33. The molecule has 5 rings (SSSR count). The number of anilines is 1. The number of hydrogen-bond donors (Lipinski definition) is 3. The molecule has 2 aliphatic rings. The van der Waals surface area contributed by atoms with E-state index >= 15 is 0 Å². The zero-order chi connectivity index (χ0) is 33.2. The number of hydrogen-bond acceptors (Lipinski definition) is 13. The number of hydroxylamine groups is 1. The average molecular weight is 674 g/mol. The molecule has 2 atom stereocenters. The summed E-state index contributed by atoms with van der Waals surface area (Å²) in [5, 5.41) is 21.6. The monoisotopic (exact) mass is 673 g/mol. The van der Waals surface area contributed by atoms with E-state index in [0.717, 1.165) is 35.9 Å². The lowest BCUT2D eigenvalue weighted by Crippen LogP contribution is -2.50. The molecule has 1 aliphatic heterocycles. The summed E-state index contributed by atoms with van der Waals surface area (Å²) in [4.78, 5) is 44.4. The number of nitrogens with one attached hydrogen (secondary N) is 2. The standard InChI is InChI=1S/C31H39N5O10S/c1-41-29(38)33-28-24-15-23(12-13-26(24)36(34-28)31(40)42-2)47-35(46-21-10-6-7-11-21)16-27(37)25(14-20-8-4-3-5-9-20)32-30(39)45-22-17-43-19-44-18-22/h3-5,8-9,12-13,15,21-22,25,27,37H,6-7,10-11,14,16-19H2,1-2H3,(H,32,39)(H,33,34,38). The van der Waals surface area contributed by atoms with E-state index in [0.29, 0.717) is 22.2 Å². The molecule has 1 aliphatic carbocycles. The Bertz CT molecular complexity index is 1500. The molecule has 1 saturated heterocycles. The smallest absolute Gasteiger partial charge is 0.435 e. The molecule has 2 unspecified atom stereocenters. The summed E-state index contributed by atoms with van der Waals surface area (Å²) >= 11 is 1.22. The fraction of sp³-hybridized carbons (Fsp3) is 0.484. The summed E-state index contributed by atoms with van der Waals surface area (Å²) in [6.45, 7) is 0.605. The molecule has 0 bridgehead atoms. The number of ether oxygens (including phenoxy) is 5. The van der Waals surface area contributed by atoms with Crippen LogP contribution in [0.25, 0.3) is 10.9 Å². The number of aliphatic hydroxyl groups excluding tert-OH is 1. The average Bonchev–Trinajstić information content (AvgIpc) is 3.72. The molecule has 15 nitrogen and oxygen atoms in total. The minimum atomic E-state index is -1.09. The van der Waals surface area contributed by atoms with E-state index in [1.165, 1.54) is 26.2 Å². The number of fused-ring (bicyclic) bond motifs is 1. The van der Waals surface area contributed by atoms with Crippen molar-refractivity contribution in [1.29, 1.82) is 0 Å². The van der Waals surface area contributed by atoms with E-state index in [9.17, 15) is 19.5 Å². The Morgan fingerprint density at radius 3 is 2.49 bits per heavy atom. The molecule has 3 aromatic rings. The van der Waals surface area contributed by atoms with Crippen molar-refractivity contribution < 1.29 is 48.0 Å². The van der Waals surface area contributed by atoms with Gasteiger partial charge in [0.05, 0.1) is 57.7 Å². The second-order valence-electron chi connectivity index (χ2n) is 11.0. The van der Waals surface area contributed by atoms with Crippen LogP contribution in [0.1, 0.15) is 31.2 Å². The van der Waals surface area contributed by atoms with Crippen LogP contribution in [-0.4, -0.2) is 103 Å². The topological polar surface area (TPSA) is 172 Å². The van der Waals surface area contributed by atoms with Gasteiger partial charge in [-0.15, -0.1) is 9.57 Å². The quantitative estimate of drug-likeness (QED) is 0.143. The summed E-state index contributed by atoms with van der Waals surface area (Å²) in [5.41, 5.74) is 1.31. The van der Waals surface area contributed by atoms with E-state index in [4.69, 9.17) is 28.5 Å². The number of benzene rings is 2. The fourth-order valence-electron chi connectivity index (χ4n) is 5.30. The predicted molar refractivity (Wildman–Crippen MR) is 170 cm³/mol. The van der Waals surface area contributed by atoms with Crippen LogP contribution in [0.5, 0.6) is 0 Å². The second-order valence-corrected chi connectivity index (χ2v) is 12.1. The largest absolute Gasteiger partial charge is 0.453 e. The number of carbonyl (C=O) groups is 3. The summed E-state index contributed by atoms with van der Waals surface area (Å²) in [5.74, 6) is 0.0994. The van der Waals surface area contributed by atoms with Gasteiger partial charge in [-0.25, -0.2) is 14.4 Å². The van der Waals surface area contributed by atoms with Crippen LogP contribution in [0.4, 0.5) is 20.2 Å². The van der Waals surface area contributed by atoms with Gasteiger partial charge in [0.2, 0.25) is 0 Å². The van der Waals surface area contributed by atoms with E-state index in [1.54, 1.807) is 22.7 Å². The third-order valence-corrected chi connectivity index (χ3v) is 8.53. The van der Waals surface area contributed by atoms with Gasteiger partial charge in [-0.2, -0.15) is 4.68 Å². The van der Waals surface area contributed by atoms with Crippen LogP contribution in [0, 0.1) is 0 Å². The molecule has 2 heterocycles. The van der Waals surface area contributed by atoms with Crippen molar-refractivity contribution in [3.8, 4) is 0 Å². The van der Waals surface area contributed by atoms with Crippen molar-refractivity contribution in [2.75, 3.05) is 46.1 Å². The fourth-order valence-corrected chi connectivity index (χ4v) is 6.23. The van der Waals surface area contributed by atoms with Crippen molar-refractivity contribution in [2.45, 2.75) is 61.4 Å². The van der Waals surface area contributed by atoms with Crippen molar-refractivity contribution in [1.82, 2.24) is 19.6 Å². The maximum Gasteiger partial charge on any atom is 0.435 e. The molecular weight excluding hydrogens is 634 g/mol. The Kier molecular flexibility index (Phi) is 12.3. The lowest BCUT2D eigenvalue weighted by molar-refractivity contribution is -0.152. The van der Waals surface area contributed by atoms with Crippen LogP contribution in [0.15, 0.2) is 53.4 Å². The Hall–Kier alpha value is -3.93. The molecule has 47 heavy (non-hydrogen) atoms. The Morgan fingerprint density at radius 2 is 1.79 bits per heavy atom. The first-order valence-electron chi connectivity index (χ1n) is 15.3. The van der Waals surface area contributed by atoms with E-state index in [-0.39, 0.29) is 38.5 Å². The normalized spacial score (nSPS) is 16.9. The molecule has 1 saturated carbocycles. The van der Waals surface area contributed by atoms with Crippen molar-refractivity contribution >= 4 is 46.9 Å². The highest BCUT2D eigenvalue weighted by Gasteiger charge is 2.30. The Balaban J connectivity index is 1.37. The van der Waals surface area contributed by atoms with Crippen molar-refractivity contribution in [2.24, 2.45) is 0 Å². The van der Waals surface area contributed by atoms with Gasteiger partial charge < -0.3 is 34.1 Å². The predicted octanol–water partition coefficient (Wildman–Crippen LogP) is 4.08. The minimum absolute atomic E-state index is 0.0152. The van der Waals surface area contributed by atoms with Crippen molar-refractivity contribution in [3.63, 3.8) is 0 Å². The first-order valence-corrected chi connectivity index (χ1v) is 16.0. The molecule has 0 spiro atoms. The third-order valence-electron chi connectivity index (χ3n) is 7.63. The third kappa shape index (κ3) is 9.56. The highest BCUT2D eigenvalue weighted by atomic mass is 32.2. The molecule has 0 radical (unpaired) electrons. The number of methoxy groups -OCH3 is 2. The van der Waals surface area contributed by atoms with E-state index in [1.807, 2.05) is 30.3 Å². The summed E-state index contributed by atoms with van der Waals surface area (Å²) in [7, 11) is 2.45. The molecular formula is C31H39N5O10S. The maximum absolute atomic E-state index is 12.9. The molecule has 2 aromatic carbocycles. The van der Waals surface area contributed by atoms with Gasteiger partial charge in [-0.3, -0.25) is 10.2 Å². The zero-order valence-corrected chi connectivity index (χ0v) is 27.0. The highest BCUT2D eigenvalue weighted by molar-refractivity contribution is 7.97. The van der Waals surface area contributed by atoms with Crippen LogP contribution >= 0.6 is 11.9 Å². The van der Waals surface area contributed by atoms with E-state index in [2.05, 4.69) is 15.7 Å². The van der Waals surface area contributed by atoms with Crippen LogP contribution in [-0.2, 0) is 34.9 Å². The number of alkyl carbamates (subject to hydrolysis) is 1. The zero-order valence-electron chi connectivity index (χ0n) is 26.2. The van der Waals surface area contributed by atoms with Gasteiger partial charge in [0, 0.05) is 10.3 Å².